The predicted octanol–water partition coefficient (Wildman–Crippen LogP) is 4.56. The molecule has 0 fully saturated rings. The van der Waals surface area contributed by atoms with Gasteiger partial charge in [-0.1, -0.05) is 55.1 Å². The van der Waals surface area contributed by atoms with Crippen molar-refractivity contribution in [1.82, 2.24) is 14.8 Å². The Kier molecular flexibility index (Phi) is 8.43. The molecule has 3 rings (SSSR count). The summed E-state index contributed by atoms with van der Waals surface area (Å²) in [6.07, 6.45) is 2.62. The van der Waals surface area contributed by atoms with Crippen LogP contribution in [0, 0.1) is 13.8 Å². The highest BCUT2D eigenvalue weighted by atomic mass is 32.2. The fraction of sp³-hybridized carbons (Fsp3) is 0.280. The van der Waals surface area contributed by atoms with Crippen LogP contribution in [-0.2, 0) is 29.0 Å². The lowest BCUT2D eigenvalue weighted by atomic mass is 10.1. The van der Waals surface area contributed by atoms with Crippen LogP contribution in [-0.4, -0.2) is 32.3 Å². The third-order valence-electron chi connectivity index (χ3n) is 5.31. The van der Waals surface area contributed by atoms with Crippen LogP contribution < -0.4 is 10.6 Å². The number of hydrogen-bond donors (Lipinski definition) is 2. The summed E-state index contributed by atoms with van der Waals surface area (Å²) < 4.78 is 1.81. The first-order valence-electron chi connectivity index (χ1n) is 10.8. The number of aryl methyl sites for hydroxylation is 2. The summed E-state index contributed by atoms with van der Waals surface area (Å²) in [7, 11) is 0. The highest BCUT2D eigenvalue weighted by Crippen LogP contribution is 2.21. The van der Waals surface area contributed by atoms with Crippen molar-refractivity contribution in [2.75, 3.05) is 16.4 Å². The average Bonchev–Trinajstić information content (AvgIpc) is 3.17. The molecule has 0 atom stereocenters. The van der Waals surface area contributed by atoms with Gasteiger partial charge in [0.1, 0.15) is 5.82 Å². The lowest BCUT2D eigenvalue weighted by Crippen LogP contribution is -2.19. The Balaban J connectivity index is 1.65. The molecule has 172 valence electrons. The Morgan fingerprint density at radius 3 is 2.52 bits per heavy atom. The number of benzene rings is 2. The monoisotopic (exact) mass is 463 g/mol. The number of thioether (sulfide) groups is 1. The molecule has 3 aromatic rings. The van der Waals surface area contributed by atoms with E-state index in [4.69, 9.17) is 0 Å². The lowest BCUT2D eigenvalue weighted by Gasteiger charge is -2.11. The zero-order valence-corrected chi connectivity index (χ0v) is 20.0. The van der Waals surface area contributed by atoms with Crippen LogP contribution >= 0.6 is 11.8 Å². The van der Waals surface area contributed by atoms with E-state index in [1.807, 2.05) is 67.8 Å². The summed E-state index contributed by atoms with van der Waals surface area (Å²) in [6, 6.07) is 13.5. The van der Waals surface area contributed by atoms with E-state index in [2.05, 4.69) is 27.4 Å². The van der Waals surface area contributed by atoms with E-state index in [0.29, 0.717) is 17.5 Å². The SMILES string of the molecule is C=CCn1c(CC(=O)Nc2ccccc2CC)nnc1SCC(=O)Nc1cccc(C)c1C. The molecule has 0 bridgehead atoms. The van der Waals surface area contributed by atoms with E-state index in [9.17, 15) is 9.59 Å². The highest BCUT2D eigenvalue weighted by Gasteiger charge is 2.17. The molecular weight excluding hydrogens is 434 g/mol. The van der Waals surface area contributed by atoms with Crippen molar-refractivity contribution in [3.63, 3.8) is 0 Å². The lowest BCUT2D eigenvalue weighted by molar-refractivity contribution is -0.116. The molecule has 0 aliphatic heterocycles. The summed E-state index contributed by atoms with van der Waals surface area (Å²) in [6.45, 7) is 10.3. The summed E-state index contributed by atoms with van der Waals surface area (Å²) in [5.74, 6) is 0.410. The molecule has 0 saturated heterocycles. The van der Waals surface area contributed by atoms with E-state index in [-0.39, 0.29) is 24.0 Å². The molecule has 2 amide bonds. The van der Waals surface area contributed by atoms with Crippen molar-refractivity contribution in [3.8, 4) is 0 Å². The number of anilines is 2. The molecule has 1 aromatic heterocycles. The van der Waals surface area contributed by atoms with Gasteiger partial charge in [-0.15, -0.1) is 16.8 Å². The number of nitrogens with zero attached hydrogens (tertiary/aromatic N) is 3. The van der Waals surface area contributed by atoms with Crippen molar-refractivity contribution in [1.29, 1.82) is 0 Å². The number of amides is 2. The van der Waals surface area contributed by atoms with Gasteiger partial charge in [-0.3, -0.25) is 9.59 Å². The van der Waals surface area contributed by atoms with Gasteiger partial charge < -0.3 is 15.2 Å². The Bertz CT molecular complexity index is 1160. The number of carbonyl (C=O) groups is 2. The predicted molar refractivity (Wildman–Crippen MR) is 134 cm³/mol. The van der Waals surface area contributed by atoms with E-state index in [0.717, 1.165) is 34.5 Å². The molecule has 8 heteroatoms. The maximum atomic E-state index is 12.7. The van der Waals surface area contributed by atoms with Crippen molar-refractivity contribution in [2.45, 2.75) is 45.3 Å². The fourth-order valence-electron chi connectivity index (χ4n) is 3.36. The summed E-state index contributed by atoms with van der Waals surface area (Å²) in [4.78, 5) is 25.1. The standard InChI is InChI=1S/C25H29N5O2S/c1-5-14-30-22(15-23(31)27-21-12-8-7-11-19(21)6-2)28-29-25(30)33-16-24(32)26-20-13-9-10-17(3)18(20)4/h5,7-13H,1,6,14-16H2,2-4H3,(H,26,32)(H,27,31). The zero-order valence-electron chi connectivity index (χ0n) is 19.2. The molecule has 2 aromatic carbocycles. The van der Waals surface area contributed by atoms with Crippen molar-refractivity contribution in [2.24, 2.45) is 0 Å². The van der Waals surface area contributed by atoms with Crippen LogP contribution in [0.3, 0.4) is 0 Å². The number of carbonyl (C=O) groups excluding carboxylic acids is 2. The molecule has 0 saturated carbocycles. The van der Waals surface area contributed by atoms with E-state index >= 15 is 0 Å². The molecule has 1 heterocycles. The minimum Gasteiger partial charge on any atom is -0.325 e. The van der Waals surface area contributed by atoms with Crippen LogP contribution in [0.5, 0.6) is 0 Å². The van der Waals surface area contributed by atoms with E-state index < -0.39 is 0 Å². The number of nitrogens with one attached hydrogen (secondary N) is 2. The van der Waals surface area contributed by atoms with E-state index in [1.165, 1.54) is 11.8 Å². The molecule has 7 nitrogen and oxygen atoms in total. The number of rotatable bonds is 10. The molecule has 0 radical (unpaired) electrons. The van der Waals surface area contributed by atoms with Gasteiger partial charge in [-0.2, -0.15) is 0 Å². The van der Waals surface area contributed by atoms with Crippen LogP contribution in [0.2, 0.25) is 0 Å². The highest BCUT2D eigenvalue weighted by molar-refractivity contribution is 7.99. The second-order valence-corrected chi connectivity index (χ2v) is 8.56. The molecular formula is C25H29N5O2S. The number of allylic oxidation sites excluding steroid dienone is 1. The van der Waals surface area contributed by atoms with Gasteiger partial charge >= 0.3 is 0 Å². The second-order valence-electron chi connectivity index (χ2n) is 7.62. The second kappa shape index (κ2) is 11.5. The normalized spacial score (nSPS) is 10.6. The van der Waals surface area contributed by atoms with Crippen molar-refractivity contribution in [3.05, 3.63) is 77.6 Å². The largest absolute Gasteiger partial charge is 0.325 e. The fourth-order valence-corrected chi connectivity index (χ4v) is 4.13. The Hall–Kier alpha value is -3.39. The smallest absolute Gasteiger partial charge is 0.234 e. The minimum atomic E-state index is -0.169. The van der Waals surface area contributed by atoms with Crippen LogP contribution in [0.4, 0.5) is 11.4 Å². The number of hydrogen-bond acceptors (Lipinski definition) is 5. The van der Waals surface area contributed by atoms with Crippen molar-refractivity contribution < 1.29 is 9.59 Å². The topological polar surface area (TPSA) is 88.9 Å². The quantitative estimate of drug-likeness (QED) is 0.340. The maximum Gasteiger partial charge on any atom is 0.234 e. The average molecular weight is 464 g/mol. The number of para-hydroxylation sites is 1. The third kappa shape index (κ3) is 6.32. The molecule has 2 N–H and O–H groups in total. The molecule has 0 aliphatic rings. The minimum absolute atomic E-state index is 0.0775. The molecule has 33 heavy (non-hydrogen) atoms. The molecule has 0 spiro atoms. The van der Waals surface area contributed by atoms with Gasteiger partial charge in [0.25, 0.3) is 0 Å². The number of aromatic nitrogens is 3. The van der Waals surface area contributed by atoms with Crippen molar-refractivity contribution >= 4 is 35.0 Å². The van der Waals surface area contributed by atoms with E-state index in [1.54, 1.807) is 6.08 Å². The van der Waals surface area contributed by atoms with Gasteiger partial charge in [0, 0.05) is 17.9 Å². The van der Waals surface area contributed by atoms with Gasteiger partial charge in [0.05, 0.1) is 12.2 Å². The Labute approximate surface area is 198 Å². The van der Waals surface area contributed by atoms with Gasteiger partial charge in [-0.25, -0.2) is 0 Å². The first-order chi connectivity index (χ1) is 15.9. The van der Waals surface area contributed by atoms with Gasteiger partial charge in [-0.05, 0) is 49.1 Å². The first kappa shape index (κ1) is 24.3. The first-order valence-corrected chi connectivity index (χ1v) is 11.8. The van der Waals surface area contributed by atoms with Crippen LogP contribution in [0.25, 0.3) is 0 Å². The van der Waals surface area contributed by atoms with Gasteiger partial charge in [0.2, 0.25) is 11.8 Å². The van der Waals surface area contributed by atoms with Crippen LogP contribution in [0.1, 0.15) is 29.4 Å². The summed E-state index contributed by atoms with van der Waals surface area (Å²) >= 11 is 1.28. The zero-order chi connectivity index (χ0) is 23.8. The van der Waals surface area contributed by atoms with Crippen LogP contribution in [0.15, 0.2) is 60.3 Å². The maximum absolute atomic E-state index is 12.7. The molecule has 0 aliphatic carbocycles. The summed E-state index contributed by atoms with van der Waals surface area (Å²) in [5, 5.41) is 14.9. The molecule has 0 unspecified atom stereocenters. The summed E-state index contributed by atoms with van der Waals surface area (Å²) in [5.41, 5.74) is 4.85. The Morgan fingerprint density at radius 2 is 1.76 bits per heavy atom. The third-order valence-corrected chi connectivity index (χ3v) is 6.27. The van der Waals surface area contributed by atoms with Gasteiger partial charge in [0.15, 0.2) is 5.16 Å². The Morgan fingerprint density at radius 1 is 1.03 bits per heavy atom.